The van der Waals surface area contributed by atoms with E-state index >= 15 is 0 Å². The molecule has 0 unspecified atom stereocenters. The first kappa shape index (κ1) is 26.4. The molecule has 0 N–H and O–H groups in total. The predicted octanol–water partition coefficient (Wildman–Crippen LogP) is 3.96. The second-order valence-corrected chi connectivity index (χ2v) is 10.7. The summed E-state index contributed by atoms with van der Waals surface area (Å²) in [7, 11) is 4.03. The van der Waals surface area contributed by atoms with E-state index in [1.54, 1.807) is 24.8 Å². The third-order valence-corrected chi connectivity index (χ3v) is 7.49. The molecular weight excluding hydrogens is 480 g/mol. The first-order chi connectivity index (χ1) is 18.5. The number of fused-ring (bicyclic) bond motifs is 1. The van der Waals surface area contributed by atoms with Crippen LogP contribution in [0.5, 0.6) is 5.75 Å². The van der Waals surface area contributed by atoms with Crippen LogP contribution in [-0.2, 0) is 11.2 Å². The second kappa shape index (κ2) is 12.6. The number of anilines is 1. The molecule has 38 heavy (non-hydrogen) atoms. The smallest absolute Gasteiger partial charge is 0.166 e. The van der Waals surface area contributed by atoms with E-state index in [2.05, 4.69) is 41.9 Å². The minimum Gasteiger partial charge on any atom is -0.488 e. The Balaban J connectivity index is 1.15. The van der Waals surface area contributed by atoms with E-state index in [0.29, 0.717) is 17.9 Å². The van der Waals surface area contributed by atoms with Crippen molar-refractivity contribution in [1.29, 1.82) is 0 Å². The molecule has 3 aromatic rings. The van der Waals surface area contributed by atoms with E-state index < -0.39 is 0 Å². The van der Waals surface area contributed by atoms with Crippen molar-refractivity contribution in [2.75, 3.05) is 51.8 Å². The third-order valence-electron chi connectivity index (χ3n) is 7.49. The number of hydrogen-bond acceptors (Lipinski definition) is 9. The maximum Gasteiger partial charge on any atom is 0.166 e. The van der Waals surface area contributed by atoms with E-state index in [1.807, 2.05) is 14.1 Å². The van der Waals surface area contributed by atoms with Gasteiger partial charge in [-0.1, -0.05) is 0 Å². The number of morpholine rings is 1. The molecule has 0 radical (unpaired) electrons. The first-order valence-corrected chi connectivity index (χ1v) is 13.8. The van der Waals surface area contributed by atoms with Gasteiger partial charge >= 0.3 is 0 Å². The zero-order chi connectivity index (χ0) is 26.3. The number of aromatic nitrogens is 4. The fourth-order valence-corrected chi connectivity index (χ4v) is 5.32. The lowest BCUT2D eigenvalue weighted by molar-refractivity contribution is 0.0976. The van der Waals surface area contributed by atoms with Crippen LogP contribution >= 0.6 is 0 Å². The minimum absolute atomic E-state index is 0.117. The Morgan fingerprint density at radius 1 is 1.03 bits per heavy atom. The van der Waals surface area contributed by atoms with Gasteiger partial charge in [0.15, 0.2) is 5.78 Å². The lowest BCUT2D eigenvalue weighted by atomic mass is 9.85. The summed E-state index contributed by atoms with van der Waals surface area (Å²) < 4.78 is 12.1. The molecule has 1 saturated heterocycles. The van der Waals surface area contributed by atoms with Gasteiger partial charge < -0.3 is 19.3 Å². The van der Waals surface area contributed by atoms with Crippen molar-refractivity contribution in [1.82, 2.24) is 24.8 Å². The van der Waals surface area contributed by atoms with Gasteiger partial charge in [0.25, 0.3) is 0 Å². The summed E-state index contributed by atoms with van der Waals surface area (Å²) in [5.41, 5.74) is 3.40. The molecular formula is C29H38N6O3. The number of hydrogen-bond donors (Lipinski definition) is 0. The van der Waals surface area contributed by atoms with Crippen LogP contribution in [-0.4, -0.2) is 83.7 Å². The summed E-state index contributed by atoms with van der Waals surface area (Å²) in [6.07, 6.45) is 13.3. The zero-order valence-corrected chi connectivity index (χ0v) is 22.5. The predicted molar refractivity (Wildman–Crippen MR) is 147 cm³/mol. The molecule has 202 valence electrons. The molecule has 2 fully saturated rings. The molecule has 3 heterocycles. The van der Waals surface area contributed by atoms with Crippen molar-refractivity contribution in [3.05, 3.63) is 48.3 Å². The largest absolute Gasteiger partial charge is 0.488 e. The highest BCUT2D eigenvalue weighted by molar-refractivity contribution is 5.95. The van der Waals surface area contributed by atoms with Crippen LogP contribution in [0.1, 0.15) is 54.7 Å². The van der Waals surface area contributed by atoms with Crippen LogP contribution in [0.4, 0.5) is 5.69 Å². The SMILES string of the molecule is CN(C)CCCC(=O)c1cnc(CC2CCC(Oc3cc(N4CCOCC4)cc4nccnc34)CC2)nc1. The molecule has 0 amide bonds. The fourth-order valence-electron chi connectivity index (χ4n) is 5.32. The Morgan fingerprint density at radius 2 is 1.76 bits per heavy atom. The number of ether oxygens (including phenoxy) is 2. The molecule has 2 aromatic heterocycles. The maximum atomic E-state index is 12.4. The minimum atomic E-state index is 0.117. The van der Waals surface area contributed by atoms with Crippen molar-refractivity contribution in [3.8, 4) is 5.75 Å². The number of benzene rings is 1. The summed E-state index contributed by atoms with van der Waals surface area (Å²) in [6.45, 7) is 4.10. The molecule has 0 atom stereocenters. The van der Waals surface area contributed by atoms with E-state index in [-0.39, 0.29) is 11.9 Å². The summed E-state index contributed by atoms with van der Waals surface area (Å²) >= 11 is 0. The number of ketones is 1. The number of rotatable bonds is 10. The number of nitrogens with zero attached hydrogens (tertiary/aromatic N) is 6. The monoisotopic (exact) mass is 518 g/mol. The molecule has 1 saturated carbocycles. The Hall–Kier alpha value is -3.17. The Kier molecular flexibility index (Phi) is 8.75. The highest BCUT2D eigenvalue weighted by Crippen LogP contribution is 2.34. The summed E-state index contributed by atoms with van der Waals surface area (Å²) in [5, 5.41) is 0. The zero-order valence-electron chi connectivity index (χ0n) is 22.5. The van der Waals surface area contributed by atoms with Crippen molar-refractivity contribution < 1.29 is 14.3 Å². The van der Waals surface area contributed by atoms with Gasteiger partial charge in [0, 0.05) is 62.5 Å². The average Bonchev–Trinajstić information content (AvgIpc) is 2.94. The number of carbonyl (C=O) groups excluding carboxylic acids is 1. The Bertz CT molecular complexity index is 1200. The van der Waals surface area contributed by atoms with Gasteiger partial charge in [0.2, 0.25) is 0 Å². The molecule has 9 nitrogen and oxygen atoms in total. The fraction of sp³-hybridized carbons (Fsp3) is 0.552. The highest BCUT2D eigenvalue weighted by Gasteiger charge is 2.25. The molecule has 9 heteroatoms. The van der Waals surface area contributed by atoms with E-state index in [1.165, 1.54) is 0 Å². The van der Waals surface area contributed by atoms with Crippen LogP contribution in [0.3, 0.4) is 0 Å². The summed E-state index contributed by atoms with van der Waals surface area (Å²) in [4.78, 5) is 34.9. The highest BCUT2D eigenvalue weighted by atomic mass is 16.5. The Labute approximate surface area is 224 Å². The summed E-state index contributed by atoms with van der Waals surface area (Å²) in [6, 6.07) is 4.21. The molecule has 1 aliphatic carbocycles. The van der Waals surface area contributed by atoms with Crippen molar-refractivity contribution >= 4 is 22.5 Å². The van der Waals surface area contributed by atoms with Crippen LogP contribution in [0.15, 0.2) is 36.9 Å². The van der Waals surface area contributed by atoms with Gasteiger partial charge in [-0.15, -0.1) is 0 Å². The average molecular weight is 519 g/mol. The van der Waals surface area contributed by atoms with Crippen LogP contribution in [0, 0.1) is 5.92 Å². The molecule has 0 bridgehead atoms. The van der Waals surface area contributed by atoms with E-state index in [9.17, 15) is 4.79 Å². The van der Waals surface area contributed by atoms with Gasteiger partial charge in [-0.3, -0.25) is 9.78 Å². The normalized spacial score (nSPS) is 20.1. The number of carbonyl (C=O) groups is 1. The van der Waals surface area contributed by atoms with Gasteiger partial charge in [-0.2, -0.15) is 0 Å². The molecule has 1 aromatic carbocycles. The van der Waals surface area contributed by atoms with Crippen LogP contribution in [0.2, 0.25) is 0 Å². The molecule has 5 rings (SSSR count). The lowest BCUT2D eigenvalue weighted by Crippen LogP contribution is -2.36. The van der Waals surface area contributed by atoms with Crippen LogP contribution in [0.25, 0.3) is 11.0 Å². The van der Waals surface area contributed by atoms with Gasteiger partial charge in [-0.25, -0.2) is 15.0 Å². The van der Waals surface area contributed by atoms with Crippen molar-refractivity contribution in [2.24, 2.45) is 5.92 Å². The molecule has 1 aliphatic heterocycles. The summed E-state index contributed by atoms with van der Waals surface area (Å²) in [5.74, 6) is 2.27. The molecule has 2 aliphatic rings. The van der Waals surface area contributed by atoms with Crippen LogP contribution < -0.4 is 9.64 Å². The quantitative estimate of drug-likeness (QED) is 0.370. The number of Topliss-reactive ketones (excluding diaryl/α,β-unsaturated/α-hetero) is 1. The van der Waals surface area contributed by atoms with Gasteiger partial charge in [0.05, 0.1) is 30.4 Å². The van der Waals surface area contributed by atoms with Crippen molar-refractivity contribution in [3.63, 3.8) is 0 Å². The molecule has 0 spiro atoms. The maximum absolute atomic E-state index is 12.4. The van der Waals surface area contributed by atoms with Crippen molar-refractivity contribution in [2.45, 2.75) is 51.0 Å². The topological polar surface area (TPSA) is 93.6 Å². The first-order valence-electron chi connectivity index (χ1n) is 13.8. The van der Waals surface area contributed by atoms with E-state index in [4.69, 9.17) is 9.47 Å². The third kappa shape index (κ3) is 6.82. The standard InChI is InChI=1S/C29H38N6O3/c1-34(2)11-3-4-26(36)22-19-32-28(33-20-22)16-21-5-7-24(8-6-21)38-27-18-23(35-12-14-37-15-13-35)17-25-29(27)31-10-9-30-25/h9-10,17-21,24H,3-8,11-16H2,1-2H3. The van der Waals surface area contributed by atoms with E-state index in [0.717, 1.165) is 99.7 Å². The Morgan fingerprint density at radius 3 is 2.50 bits per heavy atom. The van der Waals surface area contributed by atoms with Gasteiger partial charge in [-0.05, 0) is 64.7 Å². The second-order valence-electron chi connectivity index (χ2n) is 10.7. The van der Waals surface area contributed by atoms with Gasteiger partial charge in [0.1, 0.15) is 17.1 Å². The lowest BCUT2D eigenvalue weighted by Gasteiger charge is -2.31.